The minimum Gasteiger partial charge on any atom is -0.379 e. The van der Waals surface area contributed by atoms with Gasteiger partial charge in [0.15, 0.2) is 0 Å². The van der Waals surface area contributed by atoms with E-state index in [9.17, 15) is 88.0 Å². The Morgan fingerprint density at radius 1 is 0.439 bits per heavy atom. The van der Waals surface area contributed by atoms with Crippen LogP contribution in [0, 0.1) is 0 Å². The second-order valence-corrected chi connectivity index (χ2v) is 8.76. The number of hydrogen-bond donors (Lipinski definition) is 2. The molecule has 0 saturated carbocycles. The zero-order valence-electron chi connectivity index (χ0n) is 18.9. The van der Waals surface area contributed by atoms with Crippen LogP contribution in [0.5, 0.6) is 0 Å². The van der Waals surface area contributed by atoms with E-state index in [2.05, 4.69) is 14.0 Å². The quantitative estimate of drug-likeness (QED) is 0.109. The molecule has 6 nitrogen and oxygen atoms in total. The van der Waals surface area contributed by atoms with Crippen LogP contribution in [-0.4, -0.2) is 96.4 Å². The second kappa shape index (κ2) is 12.0. The van der Waals surface area contributed by atoms with Crippen LogP contribution in [0.1, 0.15) is 6.42 Å². The Morgan fingerprint density at radius 2 is 0.732 bits per heavy atom. The molecule has 0 unspecified atom stereocenters. The molecule has 0 aliphatic heterocycles. The summed E-state index contributed by atoms with van der Waals surface area (Å²) in [6.07, 6.45) is -10.8. The van der Waals surface area contributed by atoms with E-state index < -0.39 is 101 Å². The number of alkyl halides is 19. The van der Waals surface area contributed by atoms with Crippen molar-refractivity contribution in [1.29, 1.82) is 0 Å². The summed E-state index contributed by atoms with van der Waals surface area (Å²) in [5.74, 6) is -67.0. The van der Waals surface area contributed by atoms with Gasteiger partial charge in [0.05, 0.1) is 33.0 Å². The van der Waals surface area contributed by atoms with Crippen LogP contribution in [0.15, 0.2) is 0 Å². The largest absolute Gasteiger partial charge is 0.469 e. The molecule has 0 aliphatic carbocycles. The van der Waals surface area contributed by atoms with Gasteiger partial charge in [-0.2, -0.15) is 83.4 Å². The van der Waals surface area contributed by atoms with E-state index in [-0.39, 0.29) is 0 Å². The SMILES string of the molecule is O=P(O)(O)OCCOCCOCCC(F)(F)C(F)(F)C(F)(F)C(F)(F)C(F)(F)C(F)(F)C(F)(F)C(F)(F)C(F)(F)F. The Bertz CT molecular complexity index is 915. The monoisotopic (exact) mass is 682 g/mol. The molecule has 0 heterocycles. The molecule has 0 atom stereocenters. The van der Waals surface area contributed by atoms with Gasteiger partial charge in [-0.05, 0) is 0 Å². The fourth-order valence-electron chi connectivity index (χ4n) is 2.29. The molecule has 0 fully saturated rings. The summed E-state index contributed by atoms with van der Waals surface area (Å²) in [7, 11) is -4.92. The molecule has 0 bridgehead atoms. The number of halogens is 19. The highest BCUT2D eigenvalue weighted by Gasteiger charge is 2.96. The van der Waals surface area contributed by atoms with Crippen molar-refractivity contribution in [2.24, 2.45) is 0 Å². The van der Waals surface area contributed by atoms with Gasteiger partial charge >= 0.3 is 61.4 Å². The van der Waals surface area contributed by atoms with Gasteiger partial charge in [0, 0.05) is 6.42 Å². The Morgan fingerprint density at radius 3 is 1.07 bits per heavy atom. The van der Waals surface area contributed by atoms with Crippen molar-refractivity contribution < 1.29 is 112 Å². The maximum atomic E-state index is 13.7. The maximum Gasteiger partial charge on any atom is 0.469 e. The molecule has 0 rings (SSSR count). The van der Waals surface area contributed by atoms with Crippen molar-refractivity contribution in [3.05, 3.63) is 0 Å². The molecule has 41 heavy (non-hydrogen) atoms. The predicted octanol–water partition coefficient (Wildman–Crippen LogP) is 6.16. The van der Waals surface area contributed by atoms with Gasteiger partial charge in [-0.15, -0.1) is 0 Å². The highest BCUT2D eigenvalue weighted by atomic mass is 31.2. The van der Waals surface area contributed by atoms with Crippen LogP contribution in [0.25, 0.3) is 0 Å². The molecule has 0 spiro atoms. The Kier molecular flexibility index (Phi) is 11.6. The molecule has 2 N–H and O–H groups in total. The van der Waals surface area contributed by atoms with Gasteiger partial charge in [0.2, 0.25) is 0 Å². The first-order valence-electron chi connectivity index (χ1n) is 9.65. The summed E-state index contributed by atoms with van der Waals surface area (Å²) in [4.78, 5) is 16.6. The summed E-state index contributed by atoms with van der Waals surface area (Å²) in [6.45, 7) is -4.96. The van der Waals surface area contributed by atoms with Crippen molar-refractivity contribution >= 4 is 7.82 Å². The molecule has 0 aliphatic rings. The fraction of sp³-hybridized carbons (Fsp3) is 1.00. The minimum absolute atomic E-state index is 0.628. The predicted molar refractivity (Wildman–Crippen MR) is 89.9 cm³/mol. The normalized spacial score (nSPS) is 15.9. The van der Waals surface area contributed by atoms with E-state index in [1.807, 2.05) is 0 Å². The summed E-state index contributed by atoms with van der Waals surface area (Å²) in [5, 5.41) is 0. The second-order valence-electron chi connectivity index (χ2n) is 7.52. The lowest BCUT2D eigenvalue weighted by atomic mass is 9.87. The van der Waals surface area contributed by atoms with Crippen LogP contribution in [0.3, 0.4) is 0 Å². The van der Waals surface area contributed by atoms with Crippen LogP contribution < -0.4 is 0 Å². The van der Waals surface area contributed by atoms with Crippen molar-refractivity contribution in [2.75, 3.05) is 33.0 Å². The third-order valence-electron chi connectivity index (χ3n) is 4.60. The lowest BCUT2D eigenvalue weighted by Gasteiger charge is -2.43. The van der Waals surface area contributed by atoms with Gasteiger partial charge in [-0.1, -0.05) is 0 Å². The molecule has 0 aromatic carbocycles. The number of ether oxygens (including phenoxy) is 2. The molecule has 248 valence electrons. The smallest absolute Gasteiger partial charge is 0.379 e. The Balaban J connectivity index is 5.82. The number of phosphoric ester groups is 1. The third-order valence-corrected chi connectivity index (χ3v) is 5.12. The first kappa shape index (κ1) is 39.7. The van der Waals surface area contributed by atoms with Crippen LogP contribution in [0.2, 0.25) is 0 Å². The minimum atomic E-state index is -8.97. The topological polar surface area (TPSA) is 85.2 Å². The zero-order valence-corrected chi connectivity index (χ0v) is 19.8. The van der Waals surface area contributed by atoms with E-state index >= 15 is 0 Å². The van der Waals surface area contributed by atoms with E-state index in [1.54, 1.807) is 0 Å². The summed E-state index contributed by atoms with van der Waals surface area (Å²) in [6, 6.07) is 0. The number of rotatable bonds is 17. The average molecular weight is 682 g/mol. The highest BCUT2D eigenvalue weighted by Crippen LogP contribution is 2.65. The van der Waals surface area contributed by atoms with Crippen molar-refractivity contribution in [2.45, 2.75) is 60.0 Å². The molecule has 0 radical (unpaired) electrons. The molecule has 26 heteroatoms. The Hall–Kier alpha value is -1.30. The van der Waals surface area contributed by atoms with Gasteiger partial charge in [0.25, 0.3) is 0 Å². The standard InChI is InChI=1S/C15H14F19O6P/c16-7(17,1-2-38-3-4-39-5-6-40-41(35,36)37)8(18,19)9(20,21)10(22,23)11(24,25)12(26,27)13(28,29)14(30,31)15(32,33)34/h1-6H2,(H2,35,36,37). The van der Waals surface area contributed by atoms with Crippen molar-refractivity contribution in [3.63, 3.8) is 0 Å². The van der Waals surface area contributed by atoms with E-state index in [0.29, 0.717) is 0 Å². The number of phosphoric acid groups is 1. The van der Waals surface area contributed by atoms with Crippen LogP contribution in [-0.2, 0) is 18.6 Å². The van der Waals surface area contributed by atoms with Gasteiger partial charge in [0.1, 0.15) is 0 Å². The lowest BCUT2D eigenvalue weighted by Crippen LogP contribution is -2.75. The average Bonchev–Trinajstić information content (AvgIpc) is 2.75. The highest BCUT2D eigenvalue weighted by molar-refractivity contribution is 7.46. The van der Waals surface area contributed by atoms with E-state index in [1.165, 1.54) is 0 Å². The molecule has 0 aromatic rings. The van der Waals surface area contributed by atoms with E-state index in [4.69, 9.17) is 9.79 Å². The Labute approximate surface area is 213 Å². The van der Waals surface area contributed by atoms with Gasteiger partial charge in [-0.25, -0.2) is 4.57 Å². The van der Waals surface area contributed by atoms with E-state index in [0.717, 1.165) is 0 Å². The van der Waals surface area contributed by atoms with Crippen LogP contribution >= 0.6 is 7.82 Å². The number of hydrogen-bond acceptors (Lipinski definition) is 4. The van der Waals surface area contributed by atoms with Crippen molar-refractivity contribution in [3.8, 4) is 0 Å². The lowest BCUT2D eigenvalue weighted by molar-refractivity contribution is -0.468. The summed E-state index contributed by atoms with van der Waals surface area (Å²) >= 11 is 0. The molecule has 0 aromatic heterocycles. The third kappa shape index (κ3) is 7.27. The van der Waals surface area contributed by atoms with Gasteiger partial charge in [-0.3, -0.25) is 4.52 Å². The molecular formula is C15H14F19O6P. The zero-order chi connectivity index (χ0) is 33.4. The first-order valence-corrected chi connectivity index (χ1v) is 11.2. The van der Waals surface area contributed by atoms with Crippen molar-refractivity contribution in [1.82, 2.24) is 0 Å². The van der Waals surface area contributed by atoms with Gasteiger partial charge < -0.3 is 19.3 Å². The fourth-order valence-corrected chi connectivity index (χ4v) is 2.60. The maximum absolute atomic E-state index is 13.7. The molecule has 0 amide bonds. The van der Waals surface area contributed by atoms with Crippen LogP contribution in [0.4, 0.5) is 83.4 Å². The first-order chi connectivity index (χ1) is 17.7. The summed E-state index contributed by atoms with van der Waals surface area (Å²) in [5.41, 5.74) is 0. The molecule has 0 saturated heterocycles. The molecular weight excluding hydrogens is 668 g/mol. The summed E-state index contributed by atoms with van der Waals surface area (Å²) < 4.78 is 274.